The summed E-state index contributed by atoms with van der Waals surface area (Å²) in [5, 5.41) is 13.4. The number of hydrogen-bond acceptors (Lipinski definition) is 6. The Hall–Kier alpha value is -1.73. The van der Waals surface area contributed by atoms with E-state index in [0.29, 0.717) is 23.3 Å². The number of piperazine rings is 1. The SMILES string of the molecule is Clc1ccc(-c2nnc(CN3CCN(Cc4ccsc4)CC3)o2)cc1. The molecule has 1 aliphatic heterocycles. The van der Waals surface area contributed by atoms with Crippen molar-refractivity contribution in [1.29, 1.82) is 0 Å². The van der Waals surface area contributed by atoms with E-state index in [1.807, 2.05) is 24.3 Å². The molecule has 0 saturated carbocycles. The lowest BCUT2D eigenvalue weighted by molar-refractivity contribution is 0.115. The van der Waals surface area contributed by atoms with Crippen LogP contribution in [0.15, 0.2) is 45.5 Å². The first-order valence-electron chi connectivity index (χ1n) is 8.30. The van der Waals surface area contributed by atoms with E-state index in [1.165, 1.54) is 5.56 Å². The average molecular weight is 375 g/mol. The van der Waals surface area contributed by atoms with Gasteiger partial charge in [-0.2, -0.15) is 11.3 Å². The van der Waals surface area contributed by atoms with Crippen molar-refractivity contribution in [1.82, 2.24) is 20.0 Å². The number of rotatable bonds is 5. The predicted molar refractivity (Wildman–Crippen MR) is 99.6 cm³/mol. The zero-order chi connectivity index (χ0) is 17.1. The minimum Gasteiger partial charge on any atom is -0.419 e. The Bertz CT molecular complexity index is 795. The molecule has 0 aliphatic carbocycles. The van der Waals surface area contributed by atoms with Gasteiger partial charge in [-0.3, -0.25) is 9.80 Å². The lowest BCUT2D eigenvalue weighted by Crippen LogP contribution is -2.45. The van der Waals surface area contributed by atoms with Gasteiger partial charge in [0.15, 0.2) is 0 Å². The van der Waals surface area contributed by atoms with Crippen molar-refractivity contribution in [2.24, 2.45) is 0 Å². The maximum absolute atomic E-state index is 5.91. The molecular formula is C18H19ClN4OS. The van der Waals surface area contributed by atoms with Crippen LogP contribution >= 0.6 is 22.9 Å². The first-order valence-corrected chi connectivity index (χ1v) is 9.62. The Labute approximate surface area is 155 Å². The zero-order valence-corrected chi connectivity index (χ0v) is 15.3. The molecule has 0 radical (unpaired) electrons. The van der Waals surface area contributed by atoms with E-state index >= 15 is 0 Å². The van der Waals surface area contributed by atoms with Crippen LogP contribution in [0.5, 0.6) is 0 Å². The summed E-state index contributed by atoms with van der Waals surface area (Å²) < 4.78 is 5.81. The van der Waals surface area contributed by atoms with Gasteiger partial charge in [-0.1, -0.05) is 11.6 Å². The fourth-order valence-electron chi connectivity index (χ4n) is 2.96. The quantitative estimate of drug-likeness (QED) is 0.680. The molecule has 1 aliphatic rings. The summed E-state index contributed by atoms with van der Waals surface area (Å²) in [6.45, 7) is 5.90. The highest BCUT2D eigenvalue weighted by Gasteiger charge is 2.19. The van der Waals surface area contributed by atoms with Gasteiger partial charge in [-0.05, 0) is 46.7 Å². The lowest BCUT2D eigenvalue weighted by atomic mass is 10.2. The predicted octanol–water partition coefficient (Wildman–Crippen LogP) is 3.77. The van der Waals surface area contributed by atoms with Crippen LogP contribution in [-0.4, -0.2) is 46.2 Å². The first-order chi connectivity index (χ1) is 12.3. The van der Waals surface area contributed by atoms with E-state index < -0.39 is 0 Å². The van der Waals surface area contributed by atoms with Gasteiger partial charge >= 0.3 is 0 Å². The van der Waals surface area contributed by atoms with Gasteiger partial charge in [-0.25, -0.2) is 0 Å². The third-order valence-corrected chi connectivity index (χ3v) is 5.35. The highest BCUT2D eigenvalue weighted by molar-refractivity contribution is 7.07. The molecule has 0 atom stereocenters. The normalized spacial score (nSPS) is 16.4. The topological polar surface area (TPSA) is 45.4 Å². The van der Waals surface area contributed by atoms with E-state index in [2.05, 4.69) is 36.8 Å². The van der Waals surface area contributed by atoms with Crippen LogP contribution < -0.4 is 0 Å². The van der Waals surface area contributed by atoms with Gasteiger partial charge in [-0.15, -0.1) is 10.2 Å². The molecule has 25 heavy (non-hydrogen) atoms. The van der Waals surface area contributed by atoms with Crippen LogP contribution in [0.4, 0.5) is 0 Å². The monoisotopic (exact) mass is 374 g/mol. The maximum atomic E-state index is 5.91. The molecule has 7 heteroatoms. The van der Waals surface area contributed by atoms with Gasteiger partial charge in [0, 0.05) is 43.3 Å². The zero-order valence-electron chi connectivity index (χ0n) is 13.8. The van der Waals surface area contributed by atoms with E-state index in [1.54, 1.807) is 11.3 Å². The second-order valence-corrected chi connectivity index (χ2v) is 7.41. The molecule has 3 heterocycles. The summed E-state index contributed by atoms with van der Waals surface area (Å²) in [6, 6.07) is 9.64. The van der Waals surface area contributed by atoms with E-state index in [4.69, 9.17) is 16.0 Å². The highest BCUT2D eigenvalue weighted by Crippen LogP contribution is 2.21. The summed E-state index contributed by atoms with van der Waals surface area (Å²) in [5.41, 5.74) is 2.30. The van der Waals surface area contributed by atoms with Crippen molar-refractivity contribution in [2.45, 2.75) is 13.1 Å². The van der Waals surface area contributed by atoms with Gasteiger partial charge in [0.2, 0.25) is 11.8 Å². The molecule has 4 rings (SSSR count). The molecular weight excluding hydrogens is 356 g/mol. The highest BCUT2D eigenvalue weighted by atomic mass is 35.5. The van der Waals surface area contributed by atoms with Crippen molar-refractivity contribution in [3.63, 3.8) is 0 Å². The Morgan fingerprint density at radius 3 is 2.36 bits per heavy atom. The van der Waals surface area contributed by atoms with Crippen LogP contribution in [0, 0.1) is 0 Å². The number of aromatic nitrogens is 2. The molecule has 1 fully saturated rings. The van der Waals surface area contributed by atoms with Crippen molar-refractivity contribution in [3.05, 3.63) is 57.6 Å². The van der Waals surface area contributed by atoms with E-state index in [-0.39, 0.29) is 0 Å². The van der Waals surface area contributed by atoms with Crippen LogP contribution in [0.25, 0.3) is 11.5 Å². The minimum absolute atomic E-state index is 0.544. The fourth-order valence-corrected chi connectivity index (χ4v) is 3.75. The van der Waals surface area contributed by atoms with Crippen molar-refractivity contribution in [2.75, 3.05) is 26.2 Å². The van der Waals surface area contributed by atoms with Gasteiger partial charge in [0.25, 0.3) is 0 Å². The lowest BCUT2D eigenvalue weighted by Gasteiger charge is -2.33. The number of halogens is 1. The summed E-state index contributed by atoms with van der Waals surface area (Å²) in [7, 11) is 0. The maximum Gasteiger partial charge on any atom is 0.247 e. The van der Waals surface area contributed by atoms with Gasteiger partial charge < -0.3 is 4.42 Å². The van der Waals surface area contributed by atoms with Crippen LogP contribution in [-0.2, 0) is 13.1 Å². The van der Waals surface area contributed by atoms with E-state index in [0.717, 1.165) is 38.3 Å². The Morgan fingerprint density at radius 2 is 1.68 bits per heavy atom. The fraction of sp³-hybridized carbons (Fsp3) is 0.333. The number of nitrogens with zero attached hydrogens (tertiary/aromatic N) is 4. The molecule has 0 bridgehead atoms. The average Bonchev–Trinajstić information content (AvgIpc) is 3.29. The third kappa shape index (κ3) is 4.27. The molecule has 0 N–H and O–H groups in total. The summed E-state index contributed by atoms with van der Waals surface area (Å²) >= 11 is 7.67. The molecule has 0 spiro atoms. The van der Waals surface area contributed by atoms with E-state index in [9.17, 15) is 0 Å². The Kier molecular flexibility index (Phi) is 5.12. The molecule has 3 aromatic rings. The molecule has 0 unspecified atom stereocenters. The van der Waals surface area contributed by atoms with Crippen LogP contribution in [0.2, 0.25) is 5.02 Å². The van der Waals surface area contributed by atoms with Crippen molar-refractivity contribution >= 4 is 22.9 Å². The minimum atomic E-state index is 0.544. The Balaban J connectivity index is 1.31. The van der Waals surface area contributed by atoms with Gasteiger partial charge in [0.05, 0.1) is 6.54 Å². The van der Waals surface area contributed by atoms with Crippen LogP contribution in [0.3, 0.4) is 0 Å². The second kappa shape index (κ2) is 7.66. The van der Waals surface area contributed by atoms with Crippen molar-refractivity contribution in [3.8, 4) is 11.5 Å². The molecule has 2 aromatic heterocycles. The first kappa shape index (κ1) is 16.7. The Morgan fingerprint density at radius 1 is 0.960 bits per heavy atom. The number of thiophene rings is 1. The summed E-state index contributed by atoms with van der Waals surface area (Å²) in [4.78, 5) is 4.86. The molecule has 130 valence electrons. The molecule has 5 nitrogen and oxygen atoms in total. The molecule has 1 saturated heterocycles. The third-order valence-electron chi connectivity index (χ3n) is 4.37. The molecule has 0 amide bonds. The smallest absolute Gasteiger partial charge is 0.247 e. The standard InChI is InChI=1S/C18H19ClN4OS/c19-16-3-1-15(2-4-16)18-21-20-17(24-18)12-23-8-6-22(7-9-23)11-14-5-10-25-13-14/h1-5,10,13H,6-9,11-12H2. The summed E-state index contributed by atoms with van der Waals surface area (Å²) in [5.74, 6) is 1.21. The van der Waals surface area contributed by atoms with Crippen LogP contribution in [0.1, 0.15) is 11.5 Å². The second-order valence-electron chi connectivity index (χ2n) is 6.19. The van der Waals surface area contributed by atoms with Gasteiger partial charge in [0.1, 0.15) is 0 Å². The largest absolute Gasteiger partial charge is 0.419 e. The number of benzene rings is 1. The molecule has 1 aromatic carbocycles. The van der Waals surface area contributed by atoms with Crippen molar-refractivity contribution < 1.29 is 4.42 Å². The number of hydrogen-bond donors (Lipinski definition) is 0. The summed E-state index contributed by atoms with van der Waals surface area (Å²) in [6.07, 6.45) is 0.